The molecule has 0 aliphatic heterocycles. The van der Waals surface area contributed by atoms with Crippen LogP contribution in [-0.4, -0.2) is 29.3 Å². The van der Waals surface area contributed by atoms with Crippen molar-refractivity contribution in [3.8, 4) is 22.8 Å². The summed E-state index contributed by atoms with van der Waals surface area (Å²) in [6.45, 7) is 3.35. The first-order valence-electron chi connectivity index (χ1n) is 8.30. The van der Waals surface area contributed by atoms with E-state index in [0.29, 0.717) is 12.1 Å². The first kappa shape index (κ1) is 15.4. The van der Waals surface area contributed by atoms with Crippen LogP contribution in [0.1, 0.15) is 12.1 Å². The molecule has 4 rings (SSSR count). The first-order valence-corrected chi connectivity index (χ1v) is 8.30. The number of nitrogens with zero attached hydrogens (tertiary/aromatic N) is 3. The van der Waals surface area contributed by atoms with Gasteiger partial charge in [-0.15, -0.1) is 0 Å². The summed E-state index contributed by atoms with van der Waals surface area (Å²) < 4.78 is 3.76. The smallest absolute Gasteiger partial charge is 0.235 e. The molecule has 6 nitrogen and oxygen atoms in total. The Balaban J connectivity index is 1.67. The largest absolute Gasteiger partial charge is 0.503 e. The van der Waals surface area contributed by atoms with Gasteiger partial charge in [-0.25, -0.2) is 4.98 Å². The molecule has 3 aromatic heterocycles. The average Bonchev–Trinajstić information content (AvgIpc) is 3.32. The van der Waals surface area contributed by atoms with Crippen molar-refractivity contribution < 1.29 is 10.2 Å². The van der Waals surface area contributed by atoms with Gasteiger partial charge in [0.05, 0.1) is 11.9 Å². The lowest BCUT2D eigenvalue weighted by Gasteiger charge is -2.08. The number of rotatable bonds is 5. The Kier molecular flexibility index (Phi) is 3.72. The Morgan fingerprint density at radius 1 is 1.16 bits per heavy atom. The Labute approximate surface area is 145 Å². The fourth-order valence-electron chi connectivity index (χ4n) is 3.41. The van der Waals surface area contributed by atoms with Crippen LogP contribution in [0.5, 0.6) is 11.6 Å². The monoisotopic (exact) mass is 336 g/mol. The zero-order chi connectivity index (χ0) is 17.4. The van der Waals surface area contributed by atoms with Crippen molar-refractivity contribution in [3.63, 3.8) is 0 Å². The molecular weight excluding hydrogens is 316 g/mol. The van der Waals surface area contributed by atoms with E-state index in [9.17, 15) is 10.2 Å². The normalized spacial score (nSPS) is 11.4. The number of aromatic nitrogens is 4. The maximum absolute atomic E-state index is 10.5. The van der Waals surface area contributed by atoms with Gasteiger partial charge in [0.2, 0.25) is 5.88 Å². The van der Waals surface area contributed by atoms with Gasteiger partial charge < -0.3 is 24.3 Å². The highest BCUT2D eigenvalue weighted by Gasteiger charge is 2.22. The molecule has 0 aliphatic rings. The molecule has 0 aliphatic carbocycles. The third-order valence-electron chi connectivity index (χ3n) is 4.69. The minimum atomic E-state index is -0.0802. The van der Waals surface area contributed by atoms with Gasteiger partial charge in [0.25, 0.3) is 0 Å². The molecule has 0 unspecified atom stereocenters. The second kappa shape index (κ2) is 6.05. The van der Waals surface area contributed by atoms with Crippen LogP contribution in [0.15, 0.2) is 49.2 Å². The first-order chi connectivity index (χ1) is 12.2. The van der Waals surface area contributed by atoms with E-state index in [-0.39, 0.29) is 11.6 Å². The number of hydrogen-bond acceptors (Lipinski definition) is 3. The van der Waals surface area contributed by atoms with E-state index >= 15 is 0 Å². The molecule has 0 spiro atoms. The molecule has 25 heavy (non-hydrogen) atoms. The number of aromatic amines is 1. The fourth-order valence-corrected chi connectivity index (χ4v) is 3.41. The van der Waals surface area contributed by atoms with Crippen molar-refractivity contribution in [1.82, 2.24) is 19.1 Å². The van der Waals surface area contributed by atoms with Gasteiger partial charge in [0.15, 0.2) is 5.75 Å². The number of fused-ring (bicyclic) bond motifs is 1. The third kappa shape index (κ3) is 2.55. The molecule has 1 aromatic carbocycles. The summed E-state index contributed by atoms with van der Waals surface area (Å²) in [5.41, 5.74) is 3.43. The fraction of sp³-hybridized carbons (Fsp3) is 0.211. The van der Waals surface area contributed by atoms with Crippen LogP contribution in [0, 0.1) is 6.92 Å². The molecule has 0 amide bonds. The van der Waals surface area contributed by atoms with E-state index in [1.54, 1.807) is 17.1 Å². The SMILES string of the molecule is Cc1c(-c2c[nH]c3ccccc23)c(O)c(O)n1CCCn1ccnc1. The summed E-state index contributed by atoms with van der Waals surface area (Å²) in [5, 5.41) is 21.9. The van der Waals surface area contributed by atoms with E-state index in [0.717, 1.165) is 35.1 Å². The lowest BCUT2D eigenvalue weighted by Crippen LogP contribution is -2.04. The van der Waals surface area contributed by atoms with E-state index in [1.807, 2.05) is 48.1 Å². The quantitative estimate of drug-likeness (QED) is 0.520. The topological polar surface area (TPSA) is 79.0 Å². The molecular formula is C19H20N4O2. The molecule has 0 radical (unpaired) electrons. The van der Waals surface area contributed by atoms with Gasteiger partial charge in [0.1, 0.15) is 0 Å². The zero-order valence-electron chi connectivity index (χ0n) is 14.0. The van der Waals surface area contributed by atoms with Crippen LogP contribution < -0.4 is 0 Å². The molecule has 0 saturated carbocycles. The molecule has 0 bridgehead atoms. The van der Waals surface area contributed by atoms with Crippen LogP contribution in [0.4, 0.5) is 0 Å². The molecule has 128 valence electrons. The van der Waals surface area contributed by atoms with Crippen molar-refractivity contribution >= 4 is 10.9 Å². The van der Waals surface area contributed by atoms with Crippen molar-refractivity contribution in [2.45, 2.75) is 26.4 Å². The molecule has 6 heteroatoms. The van der Waals surface area contributed by atoms with Crippen molar-refractivity contribution in [2.24, 2.45) is 0 Å². The second-order valence-electron chi connectivity index (χ2n) is 6.19. The van der Waals surface area contributed by atoms with E-state index in [2.05, 4.69) is 9.97 Å². The molecule has 4 aromatic rings. The number of hydrogen-bond donors (Lipinski definition) is 3. The lowest BCUT2D eigenvalue weighted by molar-refractivity contribution is 0.366. The van der Waals surface area contributed by atoms with Gasteiger partial charge in [-0.1, -0.05) is 18.2 Å². The molecule has 0 saturated heterocycles. The number of nitrogens with one attached hydrogen (secondary N) is 1. The predicted molar refractivity (Wildman–Crippen MR) is 96.6 cm³/mol. The van der Waals surface area contributed by atoms with Gasteiger partial charge in [-0.3, -0.25) is 0 Å². The zero-order valence-corrected chi connectivity index (χ0v) is 14.0. The maximum atomic E-state index is 10.5. The van der Waals surface area contributed by atoms with Crippen molar-refractivity contribution in [2.75, 3.05) is 0 Å². The van der Waals surface area contributed by atoms with Crippen LogP contribution in [0.3, 0.4) is 0 Å². The van der Waals surface area contributed by atoms with Gasteiger partial charge >= 0.3 is 0 Å². The highest BCUT2D eigenvalue weighted by molar-refractivity contribution is 5.98. The minimum Gasteiger partial charge on any atom is -0.503 e. The van der Waals surface area contributed by atoms with E-state index in [1.165, 1.54) is 0 Å². The molecule has 0 atom stereocenters. The molecule has 3 N–H and O–H groups in total. The summed E-state index contributed by atoms with van der Waals surface area (Å²) in [4.78, 5) is 7.25. The third-order valence-corrected chi connectivity index (χ3v) is 4.69. The highest BCUT2D eigenvalue weighted by atomic mass is 16.3. The van der Waals surface area contributed by atoms with Gasteiger partial charge in [0, 0.05) is 53.8 Å². The summed E-state index contributed by atoms with van der Waals surface area (Å²) in [7, 11) is 0. The second-order valence-corrected chi connectivity index (χ2v) is 6.19. The molecule has 0 fully saturated rings. The van der Waals surface area contributed by atoms with Crippen LogP contribution in [0.2, 0.25) is 0 Å². The minimum absolute atomic E-state index is 0.0649. The van der Waals surface area contributed by atoms with E-state index < -0.39 is 0 Å². The lowest BCUT2D eigenvalue weighted by atomic mass is 10.0. The Morgan fingerprint density at radius 2 is 2.00 bits per heavy atom. The maximum Gasteiger partial charge on any atom is 0.235 e. The number of aromatic hydroxyl groups is 2. The summed E-state index contributed by atoms with van der Waals surface area (Å²) in [5.74, 6) is -0.145. The number of H-pyrrole nitrogens is 1. The van der Waals surface area contributed by atoms with Crippen molar-refractivity contribution in [1.29, 1.82) is 0 Å². The van der Waals surface area contributed by atoms with Crippen LogP contribution >= 0.6 is 0 Å². The van der Waals surface area contributed by atoms with Crippen LogP contribution in [-0.2, 0) is 13.1 Å². The average molecular weight is 336 g/mol. The standard InChI is InChI=1S/C19H20N4O2/c1-13-17(15-11-21-16-6-3-2-5-14(15)16)18(24)19(25)23(13)9-4-8-22-10-7-20-12-22/h2-3,5-7,10-12,21,24-25H,4,8-9H2,1H3. The summed E-state index contributed by atoms with van der Waals surface area (Å²) in [6, 6.07) is 7.93. The highest BCUT2D eigenvalue weighted by Crippen LogP contribution is 2.44. The Morgan fingerprint density at radius 3 is 2.80 bits per heavy atom. The Bertz CT molecular complexity index is 1010. The molecule has 3 heterocycles. The van der Waals surface area contributed by atoms with Crippen molar-refractivity contribution in [3.05, 3.63) is 54.9 Å². The van der Waals surface area contributed by atoms with Gasteiger partial charge in [-0.05, 0) is 19.4 Å². The van der Waals surface area contributed by atoms with Crippen LogP contribution in [0.25, 0.3) is 22.0 Å². The number of aryl methyl sites for hydroxylation is 1. The number of imidazole rings is 1. The predicted octanol–water partition coefficient (Wildman–Crippen LogP) is 3.64. The van der Waals surface area contributed by atoms with Gasteiger partial charge in [-0.2, -0.15) is 0 Å². The summed E-state index contributed by atoms with van der Waals surface area (Å²) >= 11 is 0. The number of para-hydroxylation sites is 1. The summed E-state index contributed by atoms with van der Waals surface area (Å²) in [6.07, 6.45) is 8.14. The number of benzene rings is 1. The van der Waals surface area contributed by atoms with E-state index in [4.69, 9.17) is 0 Å². The Hall–Kier alpha value is -3.15.